The van der Waals surface area contributed by atoms with Crippen molar-refractivity contribution in [1.29, 1.82) is 0 Å². The van der Waals surface area contributed by atoms with Crippen molar-refractivity contribution >= 4 is 47.1 Å². The Morgan fingerprint density at radius 3 is 0.782 bits per heavy atom. The fourth-order valence-corrected chi connectivity index (χ4v) is 14.0. The number of rotatable bonds is 21. The molecule has 0 aromatic heterocycles. The lowest BCUT2D eigenvalue weighted by molar-refractivity contribution is 0.180. The molecule has 6 aromatic carbocycles. The van der Waals surface area contributed by atoms with E-state index in [9.17, 15) is 25.3 Å². The Hall–Kier alpha value is -5.55. The molecule has 0 amide bonds. The molecule has 0 radical (unpaired) electrons. The van der Waals surface area contributed by atoms with Gasteiger partial charge in [0.05, 0.1) is 35.8 Å². The summed E-state index contributed by atoms with van der Waals surface area (Å²) in [5.74, 6) is 1.11. The molecule has 3 aliphatic rings. The summed E-state index contributed by atoms with van der Waals surface area (Å²) in [7, 11) is -9.83. The number of nitrogens with zero attached hydrogens (tertiary/aromatic N) is 6. The van der Waals surface area contributed by atoms with Gasteiger partial charge >= 0.3 is 0 Å². The van der Waals surface area contributed by atoms with E-state index in [2.05, 4.69) is 87.5 Å². The molecule has 0 bridgehead atoms. The quantitative estimate of drug-likeness (QED) is 0.0694. The van der Waals surface area contributed by atoms with Gasteiger partial charge in [-0.2, -0.15) is 0 Å². The van der Waals surface area contributed by atoms with Crippen LogP contribution in [-0.2, 0) is 49.3 Å². The standard InChI is InChI=1S/3C21H28N2O2S/c3*1-26(24,25)23(21-12-6-3-7-13-21)18-20-11-8-15-22(17-20)16-14-19-9-4-2-5-10-19/h3*2-7,9-10,12-13,20H,8,11,14-18H2,1H3/t2*20-;/m10./s1. The van der Waals surface area contributed by atoms with Gasteiger partial charge in [0, 0.05) is 58.9 Å². The lowest BCUT2D eigenvalue weighted by Gasteiger charge is -2.35. The molecule has 3 saturated heterocycles. The molecular weight excluding hydrogens is 1030 g/mol. The van der Waals surface area contributed by atoms with Crippen LogP contribution < -0.4 is 12.9 Å². The Morgan fingerprint density at radius 2 is 0.564 bits per heavy atom. The number of sulfonamides is 3. The highest BCUT2D eigenvalue weighted by Gasteiger charge is 2.29. The molecule has 9 rings (SSSR count). The van der Waals surface area contributed by atoms with E-state index in [1.807, 2.05) is 109 Å². The minimum Gasteiger partial charge on any atom is -0.303 e. The van der Waals surface area contributed by atoms with Crippen LogP contribution in [0.2, 0.25) is 0 Å². The third kappa shape index (κ3) is 20.3. The van der Waals surface area contributed by atoms with Crippen LogP contribution in [-0.4, -0.2) is 137 Å². The Morgan fingerprint density at radius 1 is 0.346 bits per heavy atom. The van der Waals surface area contributed by atoms with Crippen molar-refractivity contribution in [3.8, 4) is 0 Å². The first-order chi connectivity index (χ1) is 37.6. The SMILES string of the molecule is CS(=O)(=O)N(CC1CCCN(CCc2ccccc2)C1)c1ccccc1.CS(=O)(=O)N(C[C@@H]1CCCN(CCc2ccccc2)C1)c1ccccc1.CS(=O)(=O)N(C[C@H]1CCCN(CCc2ccccc2)C1)c1ccccc1. The number of hydrogen-bond donors (Lipinski definition) is 0. The first kappa shape index (κ1) is 60.1. The Labute approximate surface area is 468 Å². The van der Waals surface area contributed by atoms with E-state index in [0.717, 1.165) is 134 Å². The molecule has 1 unspecified atom stereocenters. The summed E-state index contributed by atoms with van der Waals surface area (Å²) in [6, 6.07) is 59.9. The molecule has 420 valence electrons. The van der Waals surface area contributed by atoms with Crippen LogP contribution in [0.3, 0.4) is 0 Å². The largest absolute Gasteiger partial charge is 0.303 e. The molecule has 3 aliphatic heterocycles. The van der Waals surface area contributed by atoms with E-state index in [1.165, 1.54) is 35.5 Å². The van der Waals surface area contributed by atoms with Gasteiger partial charge in [0.15, 0.2) is 0 Å². The summed E-state index contributed by atoms with van der Waals surface area (Å²) in [4.78, 5) is 7.44. The van der Waals surface area contributed by atoms with E-state index in [4.69, 9.17) is 0 Å². The van der Waals surface area contributed by atoms with Crippen LogP contribution in [0, 0.1) is 17.8 Å². The highest BCUT2D eigenvalue weighted by Crippen LogP contribution is 2.27. The molecule has 0 N–H and O–H groups in total. The summed E-state index contributed by atoms with van der Waals surface area (Å²) >= 11 is 0. The molecule has 0 aliphatic carbocycles. The van der Waals surface area contributed by atoms with E-state index in [0.29, 0.717) is 37.4 Å². The Kier molecular flexibility index (Phi) is 23.2. The number of anilines is 3. The van der Waals surface area contributed by atoms with Gasteiger partial charge in [-0.15, -0.1) is 0 Å². The van der Waals surface area contributed by atoms with Gasteiger partial charge in [-0.1, -0.05) is 146 Å². The second-order valence-corrected chi connectivity index (χ2v) is 27.2. The second-order valence-electron chi connectivity index (χ2n) is 21.5. The van der Waals surface area contributed by atoms with Crippen LogP contribution in [0.5, 0.6) is 0 Å². The van der Waals surface area contributed by atoms with Gasteiger partial charge < -0.3 is 14.7 Å². The first-order valence-electron chi connectivity index (χ1n) is 27.9. The minimum atomic E-state index is -3.28. The number of hydrogen-bond acceptors (Lipinski definition) is 9. The van der Waals surface area contributed by atoms with Gasteiger partial charge in [0.1, 0.15) is 0 Å². The maximum atomic E-state index is 12.3. The van der Waals surface area contributed by atoms with Crippen molar-refractivity contribution in [2.24, 2.45) is 17.8 Å². The number of piperidine rings is 3. The fraction of sp³-hybridized carbons (Fsp3) is 0.429. The summed E-state index contributed by atoms with van der Waals surface area (Å²) in [5.41, 5.74) is 6.36. The van der Waals surface area contributed by atoms with Crippen LogP contribution in [0.15, 0.2) is 182 Å². The average molecular weight is 1120 g/mol. The lowest BCUT2D eigenvalue weighted by Crippen LogP contribution is -2.43. The maximum Gasteiger partial charge on any atom is 0.232 e. The first-order valence-corrected chi connectivity index (χ1v) is 33.5. The van der Waals surface area contributed by atoms with Gasteiger partial charge in [-0.05, 0) is 148 Å². The predicted molar refractivity (Wildman–Crippen MR) is 324 cm³/mol. The van der Waals surface area contributed by atoms with E-state index in [1.54, 1.807) is 12.9 Å². The molecule has 12 nitrogen and oxygen atoms in total. The van der Waals surface area contributed by atoms with Crippen molar-refractivity contribution in [3.63, 3.8) is 0 Å². The molecule has 0 saturated carbocycles. The normalized spacial score (nSPS) is 18.6. The minimum absolute atomic E-state index is 0.370. The van der Waals surface area contributed by atoms with Crippen molar-refractivity contribution in [1.82, 2.24) is 14.7 Å². The topological polar surface area (TPSA) is 122 Å². The van der Waals surface area contributed by atoms with Crippen molar-refractivity contribution in [2.45, 2.75) is 57.8 Å². The molecule has 3 atom stereocenters. The molecule has 78 heavy (non-hydrogen) atoms. The maximum absolute atomic E-state index is 12.3. The summed E-state index contributed by atoms with van der Waals surface area (Å²) in [6.45, 7) is 11.0. The summed E-state index contributed by atoms with van der Waals surface area (Å²) < 4.78 is 78.6. The highest BCUT2D eigenvalue weighted by atomic mass is 32.2. The molecule has 0 spiro atoms. The van der Waals surface area contributed by atoms with Crippen molar-refractivity contribution < 1.29 is 25.3 Å². The zero-order valence-corrected chi connectivity index (χ0v) is 48.7. The van der Waals surface area contributed by atoms with Gasteiger partial charge in [0.2, 0.25) is 30.1 Å². The smallest absolute Gasteiger partial charge is 0.232 e. The molecular formula is C63H84N6O6S3. The van der Waals surface area contributed by atoms with Crippen molar-refractivity contribution in [3.05, 3.63) is 199 Å². The van der Waals surface area contributed by atoms with E-state index in [-0.39, 0.29) is 0 Å². The molecule has 3 heterocycles. The Bertz CT molecular complexity index is 2660. The molecule has 15 heteroatoms. The third-order valence-corrected chi connectivity index (χ3v) is 18.6. The van der Waals surface area contributed by atoms with Gasteiger partial charge in [0.25, 0.3) is 0 Å². The number of benzene rings is 6. The van der Waals surface area contributed by atoms with Crippen LogP contribution in [0.4, 0.5) is 17.1 Å². The van der Waals surface area contributed by atoms with Crippen LogP contribution >= 0.6 is 0 Å². The lowest BCUT2D eigenvalue weighted by atomic mass is 9.97. The monoisotopic (exact) mass is 1120 g/mol. The van der Waals surface area contributed by atoms with Gasteiger partial charge in [-0.3, -0.25) is 12.9 Å². The Balaban J connectivity index is 0.000000170. The third-order valence-electron chi connectivity index (χ3n) is 15.1. The predicted octanol–water partition coefficient (Wildman–Crippen LogP) is 10.2. The average Bonchev–Trinajstić information content (AvgIpc) is 3.46. The van der Waals surface area contributed by atoms with Gasteiger partial charge in [-0.25, -0.2) is 25.3 Å². The number of likely N-dealkylation sites (tertiary alicyclic amines) is 3. The van der Waals surface area contributed by atoms with E-state index < -0.39 is 30.1 Å². The summed E-state index contributed by atoms with van der Waals surface area (Å²) in [5, 5.41) is 0. The highest BCUT2D eigenvalue weighted by molar-refractivity contribution is 7.92. The molecule has 3 fully saturated rings. The van der Waals surface area contributed by atoms with Crippen LogP contribution in [0.25, 0.3) is 0 Å². The summed E-state index contributed by atoms with van der Waals surface area (Å²) in [6.07, 6.45) is 13.7. The second kappa shape index (κ2) is 30.2. The van der Waals surface area contributed by atoms with E-state index >= 15 is 0 Å². The van der Waals surface area contributed by atoms with Crippen LogP contribution in [0.1, 0.15) is 55.2 Å². The van der Waals surface area contributed by atoms with Crippen molar-refractivity contribution in [2.75, 3.05) is 110 Å². The number of para-hydroxylation sites is 3. The zero-order chi connectivity index (χ0) is 55.2. The zero-order valence-electron chi connectivity index (χ0n) is 46.3. The molecule has 6 aromatic rings. The fourth-order valence-electron chi connectivity index (χ4n) is 11.1.